The number of hydrogen-bond acceptors (Lipinski definition) is 3. The lowest BCUT2D eigenvalue weighted by molar-refractivity contribution is 0.111. The first kappa shape index (κ1) is 12.7. The molecule has 1 saturated heterocycles. The molecule has 0 aliphatic carbocycles. The number of nitrogens with one attached hydrogen (secondary N) is 1. The van der Waals surface area contributed by atoms with Gasteiger partial charge in [0.25, 0.3) is 0 Å². The monoisotopic (exact) mass is 257 g/mol. The van der Waals surface area contributed by atoms with Crippen molar-refractivity contribution in [2.75, 3.05) is 19.8 Å². The Morgan fingerprint density at radius 3 is 2.53 bits per heavy atom. The average molecular weight is 257 g/mol. The van der Waals surface area contributed by atoms with E-state index in [1.807, 2.05) is 0 Å². The fourth-order valence-corrected chi connectivity index (χ4v) is 3.02. The van der Waals surface area contributed by atoms with Gasteiger partial charge in [0.2, 0.25) is 0 Å². The summed E-state index contributed by atoms with van der Waals surface area (Å²) in [7, 11) is 0. The molecule has 1 aromatic rings. The molecule has 0 spiro atoms. The summed E-state index contributed by atoms with van der Waals surface area (Å²) in [4.78, 5) is 2.54. The molecule has 3 nitrogen and oxygen atoms in total. The second-order valence-electron chi connectivity index (χ2n) is 5.67. The molecule has 0 radical (unpaired) electrons. The topological polar surface area (TPSA) is 18.5 Å². The van der Waals surface area contributed by atoms with E-state index in [1.165, 1.54) is 31.5 Å². The van der Waals surface area contributed by atoms with Crippen molar-refractivity contribution in [2.24, 2.45) is 0 Å². The summed E-state index contributed by atoms with van der Waals surface area (Å²) in [6, 6.07) is 11.4. The van der Waals surface area contributed by atoms with E-state index in [2.05, 4.69) is 64.9 Å². The molecule has 2 aliphatic heterocycles. The van der Waals surface area contributed by atoms with Crippen LogP contribution in [-0.4, -0.2) is 35.7 Å². The van der Waals surface area contributed by atoms with Crippen molar-refractivity contribution < 1.29 is 0 Å². The maximum atomic E-state index is 3.42. The van der Waals surface area contributed by atoms with Gasteiger partial charge in [-0.1, -0.05) is 30.3 Å². The Morgan fingerprint density at radius 2 is 1.89 bits per heavy atom. The van der Waals surface area contributed by atoms with Gasteiger partial charge in [-0.25, -0.2) is 5.43 Å². The number of benzene rings is 1. The zero-order valence-electron chi connectivity index (χ0n) is 11.6. The third-order valence-electron chi connectivity index (χ3n) is 4.14. The normalized spacial score (nSPS) is 25.1. The SMILES string of the molecule is CC1C=CN(CN2CCC(c3ccccc3)CC2)N1. The van der Waals surface area contributed by atoms with E-state index in [0.717, 1.165) is 12.6 Å². The van der Waals surface area contributed by atoms with Crippen molar-refractivity contribution in [3.63, 3.8) is 0 Å². The molecule has 3 rings (SSSR count). The number of rotatable bonds is 3. The van der Waals surface area contributed by atoms with Crippen LogP contribution in [0.3, 0.4) is 0 Å². The summed E-state index contributed by atoms with van der Waals surface area (Å²) in [5.41, 5.74) is 4.93. The standard InChI is InChI=1S/C16H23N3/c1-14-7-12-19(17-14)13-18-10-8-16(9-11-18)15-5-3-2-4-6-15/h2-7,12,14,16-17H,8-11,13H2,1H3. The molecule has 3 heteroatoms. The van der Waals surface area contributed by atoms with E-state index in [0.29, 0.717) is 6.04 Å². The lowest BCUT2D eigenvalue weighted by Crippen LogP contribution is -2.44. The van der Waals surface area contributed by atoms with Crippen molar-refractivity contribution in [3.8, 4) is 0 Å². The van der Waals surface area contributed by atoms with Gasteiger partial charge in [-0.05, 0) is 37.3 Å². The largest absolute Gasteiger partial charge is 0.301 e. The van der Waals surface area contributed by atoms with Crippen LogP contribution in [-0.2, 0) is 0 Å². The summed E-state index contributed by atoms with van der Waals surface area (Å²) < 4.78 is 0. The Balaban J connectivity index is 1.49. The molecule has 0 aromatic heterocycles. The minimum absolute atomic E-state index is 0.474. The van der Waals surface area contributed by atoms with Crippen LogP contribution < -0.4 is 5.43 Å². The van der Waals surface area contributed by atoms with Crippen molar-refractivity contribution in [1.82, 2.24) is 15.3 Å². The molecule has 0 bridgehead atoms. The van der Waals surface area contributed by atoms with Crippen LogP contribution in [0.4, 0.5) is 0 Å². The highest BCUT2D eigenvalue weighted by molar-refractivity contribution is 5.20. The summed E-state index contributed by atoms with van der Waals surface area (Å²) in [5, 5.41) is 2.20. The number of hydrazine groups is 1. The molecule has 102 valence electrons. The second-order valence-corrected chi connectivity index (χ2v) is 5.67. The number of nitrogens with zero attached hydrogens (tertiary/aromatic N) is 2. The Hall–Kier alpha value is -1.32. The average Bonchev–Trinajstić information content (AvgIpc) is 2.86. The Bertz CT molecular complexity index is 421. The van der Waals surface area contributed by atoms with Gasteiger partial charge in [-0.3, -0.25) is 4.90 Å². The van der Waals surface area contributed by atoms with Gasteiger partial charge in [0.1, 0.15) is 0 Å². The molecule has 1 unspecified atom stereocenters. The van der Waals surface area contributed by atoms with E-state index in [1.54, 1.807) is 0 Å². The lowest BCUT2D eigenvalue weighted by atomic mass is 9.90. The van der Waals surface area contributed by atoms with Crippen LogP contribution in [0.15, 0.2) is 42.6 Å². The molecule has 1 atom stereocenters. The molecular weight excluding hydrogens is 234 g/mol. The molecule has 1 N–H and O–H groups in total. The molecule has 1 aromatic carbocycles. The minimum Gasteiger partial charge on any atom is -0.301 e. The molecule has 2 aliphatic rings. The molecule has 0 amide bonds. The van der Waals surface area contributed by atoms with Crippen molar-refractivity contribution in [2.45, 2.75) is 31.7 Å². The smallest absolute Gasteiger partial charge is 0.0856 e. The lowest BCUT2D eigenvalue weighted by Gasteiger charge is -2.34. The zero-order chi connectivity index (χ0) is 13.1. The van der Waals surface area contributed by atoms with E-state index in [-0.39, 0.29) is 0 Å². The maximum Gasteiger partial charge on any atom is 0.0856 e. The van der Waals surface area contributed by atoms with Crippen LogP contribution in [0.1, 0.15) is 31.2 Å². The maximum absolute atomic E-state index is 3.42. The second kappa shape index (κ2) is 5.76. The van der Waals surface area contributed by atoms with E-state index < -0.39 is 0 Å². The van der Waals surface area contributed by atoms with Crippen LogP contribution in [0.2, 0.25) is 0 Å². The first-order chi connectivity index (χ1) is 9.31. The first-order valence-corrected chi connectivity index (χ1v) is 7.30. The molecule has 19 heavy (non-hydrogen) atoms. The first-order valence-electron chi connectivity index (χ1n) is 7.30. The Labute approximate surface area is 115 Å². The number of likely N-dealkylation sites (tertiary alicyclic amines) is 1. The van der Waals surface area contributed by atoms with Gasteiger partial charge in [0.05, 0.1) is 6.67 Å². The zero-order valence-corrected chi connectivity index (χ0v) is 11.6. The minimum atomic E-state index is 0.474. The van der Waals surface area contributed by atoms with Gasteiger partial charge in [-0.2, -0.15) is 0 Å². The molecular formula is C16H23N3. The van der Waals surface area contributed by atoms with Gasteiger partial charge in [0, 0.05) is 25.3 Å². The van der Waals surface area contributed by atoms with Crippen molar-refractivity contribution >= 4 is 0 Å². The summed E-state index contributed by atoms with van der Waals surface area (Å²) >= 11 is 0. The number of piperidine rings is 1. The Kier molecular flexibility index (Phi) is 3.85. The predicted octanol–water partition coefficient (Wildman–Crippen LogP) is 2.55. The van der Waals surface area contributed by atoms with Crippen molar-refractivity contribution in [1.29, 1.82) is 0 Å². The highest BCUT2D eigenvalue weighted by Gasteiger charge is 2.22. The third-order valence-corrected chi connectivity index (χ3v) is 4.14. The van der Waals surface area contributed by atoms with E-state index in [9.17, 15) is 0 Å². The molecule has 2 heterocycles. The fourth-order valence-electron chi connectivity index (χ4n) is 3.02. The Morgan fingerprint density at radius 1 is 1.16 bits per heavy atom. The van der Waals surface area contributed by atoms with Crippen molar-refractivity contribution in [3.05, 3.63) is 48.2 Å². The van der Waals surface area contributed by atoms with Crippen LogP contribution >= 0.6 is 0 Å². The highest BCUT2D eigenvalue weighted by Crippen LogP contribution is 2.27. The van der Waals surface area contributed by atoms with Crippen LogP contribution in [0.5, 0.6) is 0 Å². The van der Waals surface area contributed by atoms with Gasteiger partial charge in [-0.15, -0.1) is 0 Å². The van der Waals surface area contributed by atoms with Crippen LogP contribution in [0.25, 0.3) is 0 Å². The van der Waals surface area contributed by atoms with Gasteiger partial charge in [0.15, 0.2) is 0 Å². The predicted molar refractivity (Wildman–Crippen MR) is 78.4 cm³/mol. The number of hydrogen-bond donors (Lipinski definition) is 1. The third kappa shape index (κ3) is 3.17. The summed E-state index contributed by atoms with van der Waals surface area (Å²) in [6.45, 7) is 5.57. The van der Waals surface area contributed by atoms with Crippen LogP contribution in [0, 0.1) is 0 Å². The van der Waals surface area contributed by atoms with Gasteiger partial charge < -0.3 is 5.01 Å². The highest BCUT2D eigenvalue weighted by atomic mass is 15.6. The fraction of sp³-hybridized carbons (Fsp3) is 0.500. The summed E-state index contributed by atoms with van der Waals surface area (Å²) in [6.07, 6.45) is 6.92. The molecule has 1 fully saturated rings. The summed E-state index contributed by atoms with van der Waals surface area (Å²) in [5.74, 6) is 0.749. The van der Waals surface area contributed by atoms with E-state index >= 15 is 0 Å². The quantitative estimate of drug-likeness (QED) is 0.898. The molecule has 0 saturated carbocycles. The van der Waals surface area contributed by atoms with E-state index in [4.69, 9.17) is 0 Å². The van der Waals surface area contributed by atoms with Gasteiger partial charge >= 0.3 is 0 Å².